The highest BCUT2D eigenvalue weighted by Gasteiger charge is 2.11. The van der Waals surface area contributed by atoms with E-state index in [-0.39, 0.29) is 36.5 Å². The Kier molecular flexibility index (Phi) is 7.23. The molecule has 0 aliphatic heterocycles. The second kappa shape index (κ2) is 9.62. The zero-order valence-electron chi connectivity index (χ0n) is 14.5. The monoisotopic (exact) mass is 361 g/mol. The molecule has 0 aliphatic rings. The molecule has 0 unspecified atom stereocenters. The van der Waals surface area contributed by atoms with Gasteiger partial charge >= 0.3 is 0 Å². The van der Waals surface area contributed by atoms with Crippen LogP contribution in [0.2, 0.25) is 0 Å². The molecule has 5 nitrogen and oxygen atoms in total. The number of carbonyl (C=O) groups excluding carboxylic acids is 2. The van der Waals surface area contributed by atoms with E-state index in [4.69, 9.17) is 0 Å². The largest absolute Gasteiger partial charge is 0.355 e. The van der Waals surface area contributed by atoms with E-state index in [1.54, 1.807) is 24.1 Å². The molecule has 0 radical (unpaired) electrons. The number of rotatable bonds is 8. The summed E-state index contributed by atoms with van der Waals surface area (Å²) in [4.78, 5) is 25.4. The minimum absolute atomic E-state index is 0.0305. The smallest absolute Gasteiger partial charge is 0.238 e. The summed E-state index contributed by atoms with van der Waals surface area (Å²) in [6.07, 6.45) is 0.598. The summed E-state index contributed by atoms with van der Waals surface area (Å²) in [7, 11) is 1.66. The zero-order valence-corrected chi connectivity index (χ0v) is 14.5. The van der Waals surface area contributed by atoms with Gasteiger partial charge in [-0.25, -0.2) is 8.78 Å². The quantitative estimate of drug-likeness (QED) is 0.758. The summed E-state index contributed by atoms with van der Waals surface area (Å²) in [6.45, 7) is 0.531. The van der Waals surface area contributed by atoms with E-state index >= 15 is 0 Å². The van der Waals surface area contributed by atoms with Gasteiger partial charge in [0.05, 0.1) is 13.1 Å². The first kappa shape index (κ1) is 19.5. The minimum Gasteiger partial charge on any atom is -0.355 e. The van der Waals surface area contributed by atoms with Crippen molar-refractivity contribution in [3.8, 4) is 0 Å². The Morgan fingerprint density at radius 1 is 0.885 bits per heavy atom. The third-order valence-electron chi connectivity index (χ3n) is 3.60. The fraction of sp³-hybridized carbons (Fsp3) is 0.263. The normalized spacial score (nSPS) is 10.6. The SMILES string of the molecule is CN(CC(=O)NCCc1ccc(F)cc1)CC(=O)Nc1ccc(F)cc1. The Hall–Kier alpha value is -2.80. The van der Waals surface area contributed by atoms with Gasteiger partial charge in [0.1, 0.15) is 11.6 Å². The average Bonchev–Trinajstić information content (AvgIpc) is 2.58. The predicted octanol–water partition coefficient (Wildman–Crippen LogP) is 2.19. The number of anilines is 1. The Balaban J connectivity index is 1.66. The van der Waals surface area contributed by atoms with Crippen molar-refractivity contribution >= 4 is 17.5 Å². The molecule has 0 saturated carbocycles. The maximum absolute atomic E-state index is 12.8. The summed E-state index contributed by atoms with van der Waals surface area (Å²) in [6, 6.07) is 11.6. The highest BCUT2D eigenvalue weighted by molar-refractivity contribution is 5.92. The second-order valence-corrected chi connectivity index (χ2v) is 5.95. The van der Waals surface area contributed by atoms with Gasteiger partial charge in [-0.1, -0.05) is 12.1 Å². The Bertz CT molecular complexity index is 733. The predicted molar refractivity (Wildman–Crippen MR) is 95.6 cm³/mol. The molecule has 2 amide bonds. The maximum atomic E-state index is 12.8. The summed E-state index contributed by atoms with van der Waals surface area (Å²) in [5.74, 6) is -1.17. The first-order valence-electron chi connectivity index (χ1n) is 8.17. The molecule has 26 heavy (non-hydrogen) atoms. The molecule has 138 valence electrons. The third-order valence-corrected chi connectivity index (χ3v) is 3.60. The van der Waals surface area contributed by atoms with Crippen LogP contribution in [0, 0.1) is 11.6 Å². The Labute approximate surface area is 151 Å². The highest BCUT2D eigenvalue weighted by atomic mass is 19.1. The van der Waals surface area contributed by atoms with Gasteiger partial charge < -0.3 is 10.6 Å². The molecule has 0 aliphatic carbocycles. The van der Waals surface area contributed by atoms with E-state index in [1.807, 2.05) is 0 Å². The van der Waals surface area contributed by atoms with Crippen LogP contribution in [0.1, 0.15) is 5.56 Å². The molecule has 2 aromatic carbocycles. The average molecular weight is 361 g/mol. The van der Waals surface area contributed by atoms with Crippen LogP contribution in [-0.4, -0.2) is 43.4 Å². The topological polar surface area (TPSA) is 61.4 Å². The van der Waals surface area contributed by atoms with Crippen molar-refractivity contribution in [1.82, 2.24) is 10.2 Å². The van der Waals surface area contributed by atoms with E-state index in [0.29, 0.717) is 18.7 Å². The molecule has 0 heterocycles. The number of nitrogens with one attached hydrogen (secondary N) is 2. The van der Waals surface area contributed by atoms with Gasteiger partial charge in [0.2, 0.25) is 11.8 Å². The van der Waals surface area contributed by atoms with Crippen molar-refractivity contribution in [1.29, 1.82) is 0 Å². The van der Waals surface area contributed by atoms with E-state index in [0.717, 1.165) is 5.56 Å². The molecule has 0 saturated heterocycles. The van der Waals surface area contributed by atoms with Crippen molar-refractivity contribution in [3.05, 3.63) is 65.7 Å². The summed E-state index contributed by atoms with van der Waals surface area (Å²) in [5, 5.41) is 5.39. The molecular weight excluding hydrogens is 340 g/mol. The number of nitrogens with zero attached hydrogens (tertiary/aromatic N) is 1. The van der Waals surface area contributed by atoms with Gasteiger partial charge in [-0.2, -0.15) is 0 Å². The number of hydrogen-bond acceptors (Lipinski definition) is 3. The van der Waals surface area contributed by atoms with Crippen molar-refractivity contribution in [3.63, 3.8) is 0 Å². The number of hydrogen-bond donors (Lipinski definition) is 2. The molecule has 0 spiro atoms. The van der Waals surface area contributed by atoms with Gasteiger partial charge in [0, 0.05) is 12.2 Å². The van der Waals surface area contributed by atoms with Crippen molar-refractivity contribution in [2.75, 3.05) is 32.0 Å². The maximum Gasteiger partial charge on any atom is 0.238 e. The summed E-state index contributed by atoms with van der Waals surface area (Å²) in [5.41, 5.74) is 1.42. The Morgan fingerprint density at radius 3 is 2.04 bits per heavy atom. The van der Waals surface area contributed by atoms with Crippen LogP contribution >= 0.6 is 0 Å². The van der Waals surface area contributed by atoms with Crippen LogP contribution in [-0.2, 0) is 16.0 Å². The molecule has 0 atom stereocenters. The minimum atomic E-state index is -0.377. The van der Waals surface area contributed by atoms with E-state index in [9.17, 15) is 18.4 Å². The standard InChI is InChI=1S/C19H21F2N3O2/c1-24(13-19(26)23-17-8-6-16(21)7-9-17)12-18(25)22-11-10-14-2-4-15(20)5-3-14/h2-9H,10-13H2,1H3,(H,22,25)(H,23,26). The third kappa shape index (κ3) is 6.98. The Morgan fingerprint density at radius 2 is 1.42 bits per heavy atom. The van der Waals surface area contributed by atoms with Crippen LogP contribution in [0.25, 0.3) is 0 Å². The van der Waals surface area contributed by atoms with Gasteiger partial charge in [-0.05, 0) is 55.4 Å². The van der Waals surface area contributed by atoms with Gasteiger partial charge in [0.15, 0.2) is 0 Å². The van der Waals surface area contributed by atoms with Gasteiger partial charge in [0.25, 0.3) is 0 Å². The summed E-state index contributed by atoms with van der Waals surface area (Å²) >= 11 is 0. The number of carbonyl (C=O) groups is 2. The lowest BCUT2D eigenvalue weighted by molar-refractivity contribution is -0.122. The van der Waals surface area contributed by atoms with E-state index in [1.165, 1.54) is 36.4 Å². The van der Waals surface area contributed by atoms with Gasteiger partial charge in [-0.15, -0.1) is 0 Å². The van der Waals surface area contributed by atoms with E-state index < -0.39 is 0 Å². The molecule has 0 aromatic heterocycles. The van der Waals surface area contributed by atoms with Crippen molar-refractivity contribution in [2.45, 2.75) is 6.42 Å². The molecule has 0 bridgehead atoms. The zero-order chi connectivity index (χ0) is 18.9. The highest BCUT2D eigenvalue weighted by Crippen LogP contribution is 2.08. The fourth-order valence-corrected chi connectivity index (χ4v) is 2.33. The van der Waals surface area contributed by atoms with Crippen molar-refractivity contribution in [2.24, 2.45) is 0 Å². The summed E-state index contributed by atoms with van der Waals surface area (Å²) < 4.78 is 25.6. The van der Waals surface area contributed by atoms with Crippen LogP contribution in [0.5, 0.6) is 0 Å². The number of halogens is 2. The first-order chi connectivity index (χ1) is 12.4. The van der Waals surface area contributed by atoms with Crippen LogP contribution in [0.3, 0.4) is 0 Å². The molecule has 0 fully saturated rings. The lowest BCUT2D eigenvalue weighted by Crippen LogP contribution is -2.39. The molecule has 7 heteroatoms. The van der Waals surface area contributed by atoms with Crippen LogP contribution in [0.4, 0.5) is 14.5 Å². The molecular formula is C19H21F2N3O2. The molecule has 2 rings (SSSR count). The van der Waals surface area contributed by atoms with Crippen molar-refractivity contribution < 1.29 is 18.4 Å². The van der Waals surface area contributed by atoms with Crippen LogP contribution < -0.4 is 10.6 Å². The number of benzene rings is 2. The lowest BCUT2D eigenvalue weighted by Gasteiger charge is -2.16. The number of amides is 2. The lowest BCUT2D eigenvalue weighted by atomic mass is 10.1. The van der Waals surface area contributed by atoms with Crippen LogP contribution in [0.15, 0.2) is 48.5 Å². The van der Waals surface area contributed by atoms with Gasteiger partial charge in [-0.3, -0.25) is 14.5 Å². The number of likely N-dealkylation sites (N-methyl/N-ethyl adjacent to an activating group) is 1. The van der Waals surface area contributed by atoms with E-state index in [2.05, 4.69) is 10.6 Å². The first-order valence-corrected chi connectivity index (χ1v) is 8.17. The molecule has 2 aromatic rings. The second-order valence-electron chi connectivity index (χ2n) is 5.95. The molecule has 2 N–H and O–H groups in total. The fourth-order valence-electron chi connectivity index (χ4n) is 2.33.